The molecule has 28 heavy (non-hydrogen) atoms. The molecule has 0 saturated carbocycles. The van der Waals surface area contributed by atoms with Crippen LogP contribution in [0.15, 0.2) is 42.5 Å². The third-order valence-corrected chi connectivity index (χ3v) is 5.02. The van der Waals surface area contributed by atoms with Crippen LogP contribution in [0.5, 0.6) is 5.75 Å². The molecular formula is C21H25N3O4. The summed E-state index contributed by atoms with van der Waals surface area (Å²) in [5.74, 6) is 0.867. The monoisotopic (exact) mass is 383 g/mol. The van der Waals surface area contributed by atoms with E-state index in [1.54, 1.807) is 19.2 Å². The van der Waals surface area contributed by atoms with E-state index in [1.165, 1.54) is 6.07 Å². The summed E-state index contributed by atoms with van der Waals surface area (Å²) in [6.45, 7) is 4.06. The molecule has 0 unspecified atom stereocenters. The van der Waals surface area contributed by atoms with E-state index in [9.17, 15) is 14.9 Å². The molecule has 7 nitrogen and oxygen atoms in total. The molecule has 0 spiro atoms. The number of amides is 1. The summed E-state index contributed by atoms with van der Waals surface area (Å²) >= 11 is 0. The van der Waals surface area contributed by atoms with Crippen LogP contribution in [0.25, 0.3) is 0 Å². The first-order valence-corrected chi connectivity index (χ1v) is 9.42. The normalized spacial score (nSPS) is 16.5. The van der Waals surface area contributed by atoms with Crippen molar-refractivity contribution in [3.05, 3.63) is 63.7 Å². The van der Waals surface area contributed by atoms with Gasteiger partial charge in [0.05, 0.1) is 12.0 Å². The topological polar surface area (TPSA) is 84.7 Å². The fourth-order valence-electron chi connectivity index (χ4n) is 3.55. The molecule has 1 N–H and O–H groups in total. The Morgan fingerprint density at radius 3 is 2.86 bits per heavy atom. The Labute approximate surface area is 164 Å². The lowest BCUT2D eigenvalue weighted by atomic mass is 9.99. The van der Waals surface area contributed by atoms with Gasteiger partial charge in [0.15, 0.2) is 0 Å². The number of ether oxygens (including phenoxy) is 1. The highest BCUT2D eigenvalue weighted by molar-refractivity contribution is 5.95. The third kappa shape index (κ3) is 4.60. The number of hydrogen-bond donors (Lipinski definition) is 1. The molecule has 0 bridgehead atoms. The molecule has 0 aliphatic carbocycles. The molecule has 7 heteroatoms. The molecule has 0 aromatic heterocycles. The molecule has 1 atom stereocenters. The maximum Gasteiger partial charge on any atom is 0.293 e. The molecular weight excluding hydrogens is 358 g/mol. The molecule has 148 valence electrons. The van der Waals surface area contributed by atoms with E-state index in [-0.39, 0.29) is 17.2 Å². The molecule has 1 amide bonds. The fourth-order valence-corrected chi connectivity index (χ4v) is 3.55. The van der Waals surface area contributed by atoms with Gasteiger partial charge in [-0.2, -0.15) is 0 Å². The number of nitro benzene ring substituents is 1. The number of hydrogen-bond acceptors (Lipinski definition) is 5. The lowest BCUT2D eigenvalue weighted by Crippen LogP contribution is -2.34. The summed E-state index contributed by atoms with van der Waals surface area (Å²) in [6.07, 6.45) is 2.15. The van der Waals surface area contributed by atoms with Crippen LogP contribution in [0.2, 0.25) is 0 Å². The number of carbonyl (C=O) groups excluding carboxylic acids is 1. The first-order chi connectivity index (χ1) is 13.5. The van der Waals surface area contributed by atoms with Gasteiger partial charge in [0.1, 0.15) is 11.4 Å². The van der Waals surface area contributed by atoms with E-state index >= 15 is 0 Å². The summed E-state index contributed by atoms with van der Waals surface area (Å²) < 4.78 is 5.17. The highest BCUT2D eigenvalue weighted by Crippen LogP contribution is 2.32. The van der Waals surface area contributed by atoms with Gasteiger partial charge >= 0.3 is 0 Å². The first-order valence-electron chi connectivity index (χ1n) is 9.42. The van der Waals surface area contributed by atoms with Gasteiger partial charge in [-0.1, -0.05) is 19.1 Å². The number of nitro groups is 1. The fraction of sp³-hybridized carbons (Fsp3) is 0.381. The Morgan fingerprint density at radius 2 is 2.14 bits per heavy atom. The van der Waals surface area contributed by atoms with Crippen LogP contribution in [0.1, 0.15) is 35.7 Å². The quantitative estimate of drug-likeness (QED) is 0.606. The zero-order chi connectivity index (χ0) is 20.1. The van der Waals surface area contributed by atoms with Gasteiger partial charge in [-0.05, 0) is 48.6 Å². The zero-order valence-electron chi connectivity index (χ0n) is 16.2. The van der Waals surface area contributed by atoms with Gasteiger partial charge in [0, 0.05) is 31.3 Å². The minimum absolute atomic E-state index is 0.0249. The van der Waals surface area contributed by atoms with E-state index in [2.05, 4.69) is 12.2 Å². The van der Waals surface area contributed by atoms with E-state index < -0.39 is 4.92 Å². The van der Waals surface area contributed by atoms with Crippen LogP contribution >= 0.6 is 0 Å². The third-order valence-electron chi connectivity index (χ3n) is 5.02. The average molecular weight is 383 g/mol. The molecule has 1 aliphatic rings. The molecule has 3 rings (SSSR count). The molecule has 2 aromatic carbocycles. The second-order valence-corrected chi connectivity index (χ2v) is 7.19. The van der Waals surface area contributed by atoms with Gasteiger partial charge in [-0.15, -0.1) is 0 Å². The molecule has 1 aliphatic heterocycles. The maximum absolute atomic E-state index is 12.5. The number of rotatable bonds is 6. The number of benzene rings is 2. The lowest BCUT2D eigenvalue weighted by molar-refractivity contribution is -0.384. The Morgan fingerprint density at radius 1 is 1.32 bits per heavy atom. The number of piperidine rings is 1. The molecule has 2 aromatic rings. The molecule has 1 saturated heterocycles. The Bertz CT molecular complexity index is 868. The number of nitrogens with one attached hydrogen (secondary N) is 1. The Balaban J connectivity index is 1.75. The van der Waals surface area contributed by atoms with Crippen molar-refractivity contribution in [2.75, 3.05) is 25.1 Å². The van der Waals surface area contributed by atoms with Crippen molar-refractivity contribution in [1.29, 1.82) is 0 Å². The zero-order valence-corrected chi connectivity index (χ0v) is 16.2. The average Bonchev–Trinajstić information content (AvgIpc) is 2.71. The summed E-state index contributed by atoms with van der Waals surface area (Å²) in [4.78, 5) is 25.7. The highest BCUT2D eigenvalue weighted by atomic mass is 16.6. The largest absolute Gasteiger partial charge is 0.497 e. The van der Waals surface area contributed by atoms with E-state index in [0.29, 0.717) is 23.9 Å². The van der Waals surface area contributed by atoms with Crippen LogP contribution in [0, 0.1) is 16.0 Å². The van der Waals surface area contributed by atoms with E-state index in [0.717, 1.165) is 31.5 Å². The number of anilines is 1. The SMILES string of the molecule is COc1cccc(CNC(=O)c2ccc(N3CCC[C@@H](C)C3)c([N+](=O)[O-])c2)c1. The van der Waals surface area contributed by atoms with Crippen molar-refractivity contribution in [1.82, 2.24) is 5.32 Å². The van der Waals surface area contributed by atoms with Crippen molar-refractivity contribution in [3.8, 4) is 5.75 Å². The minimum atomic E-state index is -0.409. The van der Waals surface area contributed by atoms with Crippen molar-refractivity contribution >= 4 is 17.3 Å². The number of nitrogens with zero attached hydrogens (tertiary/aromatic N) is 2. The summed E-state index contributed by atoms with van der Waals surface area (Å²) in [5, 5.41) is 14.4. The molecule has 1 fully saturated rings. The highest BCUT2D eigenvalue weighted by Gasteiger charge is 2.25. The summed E-state index contributed by atoms with van der Waals surface area (Å²) in [5.41, 5.74) is 1.73. The predicted molar refractivity (Wildman–Crippen MR) is 108 cm³/mol. The van der Waals surface area contributed by atoms with Gasteiger partial charge < -0.3 is 15.0 Å². The Hall–Kier alpha value is -3.09. The van der Waals surface area contributed by atoms with Gasteiger partial charge in [0.2, 0.25) is 0 Å². The summed E-state index contributed by atoms with van der Waals surface area (Å²) in [6, 6.07) is 12.1. The smallest absolute Gasteiger partial charge is 0.293 e. The van der Waals surface area contributed by atoms with Crippen molar-refractivity contribution in [2.45, 2.75) is 26.3 Å². The molecule has 1 heterocycles. The van der Waals surface area contributed by atoms with Gasteiger partial charge in [-0.3, -0.25) is 14.9 Å². The summed E-state index contributed by atoms with van der Waals surface area (Å²) in [7, 11) is 1.58. The van der Waals surface area contributed by atoms with Crippen LogP contribution in [-0.2, 0) is 6.54 Å². The van der Waals surface area contributed by atoms with Crippen LogP contribution < -0.4 is 15.0 Å². The van der Waals surface area contributed by atoms with Gasteiger partial charge in [-0.25, -0.2) is 0 Å². The van der Waals surface area contributed by atoms with Crippen LogP contribution in [-0.4, -0.2) is 31.0 Å². The van der Waals surface area contributed by atoms with E-state index in [1.807, 2.05) is 29.2 Å². The van der Waals surface area contributed by atoms with Crippen molar-refractivity contribution < 1.29 is 14.5 Å². The maximum atomic E-state index is 12.5. The first kappa shape index (κ1) is 19.7. The van der Waals surface area contributed by atoms with Crippen molar-refractivity contribution in [3.63, 3.8) is 0 Å². The second kappa shape index (κ2) is 8.73. The number of carbonyl (C=O) groups is 1. The predicted octanol–water partition coefficient (Wildman–Crippen LogP) is 3.77. The van der Waals surface area contributed by atoms with Crippen molar-refractivity contribution in [2.24, 2.45) is 5.92 Å². The molecule has 0 radical (unpaired) electrons. The number of methoxy groups -OCH3 is 1. The second-order valence-electron chi connectivity index (χ2n) is 7.19. The van der Waals surface area contributed by atoms with E-state index in [4.69, 9.17) is 4.74 Å². The van der Waals surface area contributed by atoms with Crippen LogP contribution in [0.3, 0.4) is 0 Å². The minimum Gasteiger partial charge on any atom is -0.497 e. The van der Waals surface area contributed by atoms with Crippen LogP contribution in [0.4, 0.5) is 11.4 Å². The standard InChI is InChI=1S/C21H25N3O4/c1-15-5-4-10-23(14-15)19-9-8-17(12-20(19)24(26)27)21(25)22-13-16-6-3-7-18(11-16)28-2/h3,6-9,11-12,15H,4-5,10,13-14H2,1-2H3,(H,22,25)/t15-/m1/s1. The Kier molecular flexibility index (Phi) is 6.13. The van der Waals surface area contributed by atoms with Gasteiger partial charge in [0.25, 0.3) is 11.6 Å². The lowest BCUT2D eigenvalue weighted by Gasteiger charge is -2.32.